The Morgan fingerprint density at radius 2 is 1.84 bits per heavy atom. The SMILES string of the molecule is CC(C)(C)[Si](C)(C)OCCNc1ccc(CN2Cc3cccc(NC(=O)c4ccc(Cl)s4)c3C2=O)cc1. The highest BCUT2D eigenvalue weighted by atomic mass is 35.5. The highest BCUT2D eigenvalue weighted by Crippen LogP contribution is 2.36. The van der Waals surface area contributed by atoms with Crippen LogP contribution in [-0.4, -0.2) is 38.2 Å². The van der Waals surface area contributed by atoms with E-state index in [4.69, 9.17) is 16.0 Å². The van der Waals surface area contributed by atoms with Crippen LogP contribution in [0.25, 0.3) is 0 Å². The van der Waals surface area contributed by atoms with E-state index < -0.39 is 8.32 Å². The van der Waals surface area contributed by atoms with Gasteiger partial charge in [0.15, 0.2) is 8.32 Å². The molecule has 2 heterocycles. The lowest BCUT2D eigenvalue weighted by molar-refractivity contribution is 0.0767. The zero-order chi connectivity index (χ0) is 26.8. The standard InChI is InChI=1S/C28H34ClN3O3SSi/c1-28(2,3)37(4,5)35-16-15-30-21-11-9-19(10-12-21)17-32-18-20-7-6-8-22(25(20)27(32)34)31-26(33)23-13-14-24(29)36-23/h6-14,30H,15-18H2,1-5H3,(H,31,33). The molecule has 0 saturated carbocycles. The minimum absolute atomic E-state index is 0.0832. The Hall–Kier alpha value is -2.65. The van der Waals surface area contributed by atoms with Gasteiger partial charge in [-0.15, -0.1) is 11.3 Å². The first-order chi connectivity index (χ1) is 17.4. The number of carbonyl (C=O) groups excluding carboxylic acids is 2. The molecular weight excluding hydrogens is 522 g/mol. The summed E-state index contributed by atoms with van der Waals surface area (Å²) in [4.78, 5) is 28.2. The van der Waals surface area contributed by atoms with Crippen LogP contribution >= 0.6 is 22.9 Å². The Balaban J connectivity index is 1.33. The summed E-state index contributed by atoms with van der Waals surface area (Å²) in [6.07, 6.45) is 0. The van der Waals surface area contributed by atoms with Crippen LogP contribution in [0.4, 0.5) is 11.4 Å². The molecule has 2 aromatic carbocycles. The van der Waals surface area contributed by atoms with Crippen LogP contribution in [0.15, 0.2) is 54.6 Å². The van der Waals surface area contributed by atoms with Crippen LogP contribution in [0.1, 0.15) is 51.9 Å². The number of carbonyl (C=O) groups is 2. The van der Waals surface area contributed by atoms with Crippen LogP contribution in [0, 0.1) is 0 Å². The Morgan fingerprint density at radius 1 is 1.11 bits per heavy atom. The van der Waals surface area contributed by atoms with Gasteiger partial charge in [0.25, 0.3) is 11.8 Å². The molecule has 6 nitrogen and oxygen atoms in total. The second-order valence-corrected chi connectivity index (χ2v) is 17.3. The summed E-state index contributed by atoms with van der Waals surface area (Å²) in [6, 6.07) is 17.1. The van der Waals surface area contributed by atoms with E-state index in [1.165, 1.54) is 11.3 Å². The number of hydrogen-bond donors (Lipinski definition) is 2. The minimum atomic E-state index is -1.74. The fourth-order valence-corrected chi connectivity index (χ4v) is 5.92. The van der Waals surface area contributed by atoms with Crippen LogP contribution in [0.2, 0.25) is 22.5 Å². The summed E-state index contributed by atoms with van der Waals surface area (Å²) >= 11 is 7.17. The molecule has 0 atom stereocenters. The van der Waals surface area contributed by atoms with Crippen molar-refractivity contribution in [3.05, 3.63) is 80.5 Å². The quantitative estimate of drug-likeness (QED) is 0.215. The number of nitrogens with zero attached hydrogens (tertiary/aromatic N) is 1. The van der Waals surface area contributed by atoms with Crippen molar-refractivity contribution in [2.24, 2.45) is 0 Å². The maximum absolute atomic E-state index is 13.3. The van der Waals surface area contributed by atoms with Crippen molar-refractivity contribution in [2.75, 3.05) is 23.8 Å². The first kappa shape index (κ1) is 27.4. The van der Waals surface area contributed by atoms with Crippen molar-refractivity contribution in [1.29, 1.82) is 0 Å². The van der Waals surface area contributed by atoms with Crippen LogP contribution in [0.3, 0.4) is 0 Å². The molecule has 0 aliphatic carbocycles. The van der Waals surface area contributed by atoms with Crippen LogP contribution in [0.5, 0.6) is 0 Å². The monoisotopic (exact) mass is 555 g/mol. The van der Waals surface area contributed by atoms with Crippen LogP contribution in [-0.2, 0) is 17.5 Å². The fraction of sp³-hybridized carbons (Fsp3) is 0.357. The van der Waals surface area contributed by atoms with Gasteiger partial charge >= 0.3 is 0 Å². The molecule has 1 aromatic heterocycles. The Labute approximate surface area is 229 Å². The molecule has 0 radical (unpaired) electrons. The predicted molar refractivity (Wildman–Crippen MR) is 155 cm³/mol. The lowest BCUT2D eigenvalue weighted by Gasteiger charge is -2.36. The lowest BCUT2D eigenvalue weighted by atomic mass is 10.1. The number of fused-ring (bicyclic) bond motifs is 1. The maximum atomic E-state index is 13.3. The highest BCUT2D eigenvalue weighted by Gasteiger charge is 2.36. The average molecular weight is 556 g/mol. The molecule has 9 heteroatoms. The topological polar surface area (TPSA) is 70.7 Å². The average Bonchev–Trinajstić information content (AvgIpc) is 3.41. The van der Waals surface area contributed by atoms with Crippen molar-refractivity contribution in [2.45, 2.75) is 52.0 Å². The molecule has 4 rings (SSSR count). The van der Waals surface area contributed by atoms with Crippen molar-refractivity contribution in [1.82, 2.24) is 4.90 Å². The molecule has 37 heavy (non-hydrogen) atoms. The number of anilines is 2. The largest absolute Gasteiger partial charge is 0.415 e. The molecular formula is C28H34ClN3O3SSi. The number of amides is 2. The molecule has 2 N–H and O–H groups in total. The zero-order valence-corrected chi connectivity index (χ0v) is 24.6. The highest BCUT2D eigenvalue weighted by molar-refractivity contribution is 7.18. The zero-order valence-electron chi connectivity index (χ0n) is 22.0. The van der Waals surface area contributed by atoms with Gasteiger partial charge in [-0.05, 0) is 59.6 Å². The van der Waals surface area contributed by atoms with Gasteiger partial charge in [0.05, 0.1) is 27.1 Å². The second-order valence-electron chi connectivity index (χ2n) is 10.8. The van der Waals surface area contributed by atoms with E-state index in [9.17, 15) is 9.59 Å². The first-order valence-electron chi connectivity index (χ1n) is 12.4. The molecule has 1 aliphatic rings. The lowest BCUT2D eigenvalue weighted by Crippen LogP contribution is -2.41. The van der Waals surface area contributed by atoms with E-state index >= 15 is 0 Å². The normalized spacial score (nSPS) is 13.6. The Bertz CT molecular complexity index is 1280. The van der Waals surface area contributed by atoms with E-state index in [1.54, 1.807) is 23.1 Å². The number of nitrogens with one attached hydrogen (secondary N) is 2. The van der Waals surface area contributed by atoms with E-state index in [2.05, 4.69) is 44.5 Å². The molecule has 0 saturated heterocycles. The third-order valence-corrected chi connectivity index (χ3v) is 12.9. The third kappa shape index (κ3) is 6.44. The minimum Gasteiger partial charge on any atom is -0.415 e. The van der Waals surface area contributed by atoms with Crippen molar-refractivity contribution >= 4 is 54.4 Å². The number of thiophene rings is 1. The van der Waals surface area contributed by atoms with E-state index in [0.717, 1.165) is 23.4 Å². The predicted octanol–water partition coefficient (Wildman–Crippen LogP) is 7.24. The molecule has 3 aromatic rings. The number of benzene rings is 2. The first-order valence-corrected chi connectivity index (χ1v) is 16.5. The van der Waals surface area contributed by atoms with E-state index in [0.29, 0.717) is 40.2 Å². The van der Waals surface area contributed by atoms with E-state index in [1.807, 2.05) is 36.4 Å². The molecule has 1 aliphatic heterocycles. The van der Waals surface area contributed by atoms with Gasteiger partial charge in [0, 0.05) is 25.3 Å². The molecule has 0 fully saturated rings. The smallest absolute Gasteiger partial charge is 0.265 e. The summed E-state index contributed by atoms with van der Waals surface area (Å²) in [5.74, 6) is -0.352. The van der Waals surface area contributed by atoms with Gasteiger partial charge in [0.1, 0.15) is 0 Å². The summed E-state index contributed by atoms with van der Waals surface area (Å²) in [6.45, 7) is 13.7. The van der Waals surface area contributed by atoms with Gasteiger partial charge in [-0.3, -0.25) is 9.59 Å². The number of rotatable bonds is 9. The number of hydrogen-bond acceptors (Lipinski definition) is 5. The van der Waals surface area contributed by atoms with Crippen LogP contribution < -0.4 is 10.6 Å². The molecule has 2 amide bonds. The van der Waals surface area contributed by atoms with Crippen molar-refractivity contribution in [3.63, 3.8) is 0 Å². The third-order valence-electron chi connectivity index (χ3n) is 7.09. The van der Waals surface area contributed by atoms with Gasteiger partial charge in [0.2, 0.25) is 0 Å². The molecule has 196 valence electrons. The number of halogens is 1. The Kier molecular flexibility index (Phi) is 8.13. The Morgan fingerprint density at radius 3 is 2.49 bits per heavy atom. The molecule has 0 unspecified atom stereocenters. The summed E-state index contributed by atoms with van der Waals surface area (Å²) < 4.78 is 6.78. The summed E-state index contributed by atoms with van der Waals surface area (Å²) in [5, 5.41) is 6.51. The van der Waals surface area contributed by atoms with Gasteiger partial charge < -0.3 is 20.0 Å². The molecule has 0 bridgehead atoms. The second kappa shape index (κ2) is 11.0. The summed E-state index contributed by atoms with van der Waals surface area (Å²) in [7, 11) is -1.74. The van der Waals surface area contributed by atoms with Gasteiger partial charge in [-0.1, -0.05) is 56.6 Å². The van der Waals surface area contributed by atoms with E-state index in [-0.39, 0.29) is 16.9 Å². The molecule has 0 spiro atoms. The summed E-state index contributed by atoms with van der Waals surface area (Å²) in [5.41, 5.74) is 4.06. The van der Waals surface area contributed by atoms with Crippen molar-refractivity contribution in [3.8, 4) is 0 Å². The van der Waals surface area contributed by atoms with Gasteiger partial charge in [-0.25, -0.2) is 0 Å². The fourth-order valence-electron chi connectivity index (χ4n) is 3.94. The van der Waals surface area contributed by atoms with Crippen molar-refractivity contribution < 1.29 is 14.0 Å². The van der Waals surface area contributed by atoms with Gasteiger partial charge in [-0.2, -0.15) is 0 Å². The maximum Gasteiger partial charge on any atom is 0.265 e.